The van der Waals surface area contributed by atoms with E-state index in [1.165, 1.54) is 0 Å². The maximum Gasteiger partial charge on any atom is 0.240 e. The van der Waals surface area contributed by atoms with Gasteiger partial charge in [0.15, 0.2) is 0 Å². The van der Waals surface area contributed by atoms with Crippen molar-refractivity contribution in [1.29, 1.82) is 0 Å². The summed E-state index contributed by atoms with van der Waals surface area (Å²) in [6.45, 7) is 5.60. The molecule has 2 aromatic carbocycles. The second-order valence-electron chi connectivity index (χ2n) is 6.65. The number of nitrogens with zero attached hydrogens (tertiary/aromatic N) is 3. The fourth-order valence-electron chi connectivity index (χ4n) is 3.58. The van der Waals surface area contributed by atoms with E-state index in [1.807, 2.05) is 54.8 Å². The molecule has 0 aliphatic rings. The third-order valence-corrected chi connectivity index (χ3v) is 5.96. The number of aromatic nitrogens is 3. The van der Waals surface area contributed by atoms with Gasteiger partial charge < -0.3 is 14.5 Å². The molecule has 1 amide bonds. The zero-order valence-corrected chi connectivity index (χ0v) is 17.0. The van der Waals surface area contributed by atoms with Gasteiger partial charge in [-0.25, -0.2) is 4.98 Å². The fourth-order valence-corrected chi connectivity index (χ4v) is 4.13. The van der Waals surface area contributed by atoms with Gasteiger partial charge in [0.1, 0.15) is 12.4 Å². The average Bonchev–Trinajstić information content (AvgIpc) is 3.11. The highest BCUT2D eigenvalue weighted by molar-refractivity contribution is 9.10. The number of para-hydroxylation sites is 3. The minimum absolute atomic E-state index is 0.00780. The van der Waals surface area contributed by atoms with Gasteiger partial charge >= 0.3 is 0 Å². The van der Waals surface area contributed by atoms with Crippen molar-refractivity contribution in [2.75, 3.05) is 6.54 Å². The van der Waals surface area contributed by atoms with E-state index in [9.17, 15) is 4.79 Å². The summed E-state index contributed by atoms with van der Waals surface area (Å²) in [4.78, 5) is 17.1. The first-order chi connectivity index (χ1) is 13.1. The summed E-state index contributed by atoms with van der Waals surface area (Å²) in [5, 5.41) is 4.17. The monoisotopic (exact) mass is 424 g/mol. The van der Waals surface area contributed by atoms with Crippen molar-refractivity contribution in [3.8, 4) is 0 Å². The molecule has 0 saturated carbocycles. The lowest BCUT2D eigenvalue weighted by Gasteiger charge is -2.11. The minimum atomic E-state index is 0.00780. The van der Waals surface area contributed by atoms with Gasteiger partial charge in [0.05, 0.1) is 11.0 Å². The van der Waals surface area contributed by atoms with Crippen molar-refractivity contribution in [3.63, 3.8) is 0 Å². The van der Waals surface area contributed by atoms with Crippen molar-refractivity contribution in [2.45, 2.75) is 26.9 Å². The lowest BCUT2D eigenvalue weighted by atomic mass is 10.2. The number of rotatable bonds is 5. The molecular formula is C21H21BrN4O. The van der Waals surface area contributed by atoms with E-state index in [0.717, 1.165) is 37.9 Å². The highest BCUT2D eigenvalue weighted by Crippen LogP contribution is 2.30. The van der Waals surface area contributed by atoms with Crippen LogP contribution >= 0.6 is 15.9 Å². The van der Waals surface area contributed by atoms with Crippen LogP contribution in [0.15, 0.2) is 53.0 Å². The normalized spacial score (nSPS) is 11.4. The molecule has 0 spiro atoms. The number of hydrogen-bond donors (Lipinski definition) is 1. The molecule has 2 aromatic heterocycles. The molecule has 0 aliphatic heterocycles. The number of carbonyl (C=O) groups excluding carboxylic acids is 1. The quantitative estimate of drug-likeness (QED) is 0.522. The molecule has 0 fully saturated rings. The van der Waals surface area contributed by atoms with E-state index < -0.39 is 0 Å². The number of halogens is 1. The van der Waals surface area contributed by atoms with Crippen LogP contribution in [-0.4, -0.2) is 26.6 Å². The van der Waals surface area contributed by atoms with Gasteiger partial charge in [-0.15, -0.1) is 0 Å². The molecular weight excluding hydrogens is 404 g/mol. The zero-order valence-electron chi connectivity index (χ0n) is 15.4. The number of nitrogens with one attached hydrogen (secondary N) is 1. The summed E-state index contributed by atoms with van der Waals surface area (Å²) < 4.78 is 5.24. The number of fused-ring (bicyclic) bond motifs is 2. The Morgan fingerprint density at radius 2 is 1.74 bits per heavy atom. The predicted octanol–water partition coefficient (Wildman–Crippen LogP) is 4.19. The van der Waals surface area contributed by atoms with E-state index >= 15 is 0 Å². The molecule has 138 valence electrons. The van der Waals surface area contributed by atoms with Crippen LogP contribution < -0.4 is 5.32 Å². The Labute approximate surface area is 166 Å². The molecule has 1 N–H and O–H groups in total. The lowest BCUT2D eigenvalue weighted by molar-refractivity contribution is -0.121. The highest BCUT2D eigenvalue weighted by atomic mass is 79.9. The first-order valence-corrected chi connectivity index (χ1v) is 9.77. The SMILES string of the molecule is Cc1nc2ccccc2n1CCNC(=O)Cn1c(C)c(Br)c2ccccc21. The Morgan fingerprint density at radius 3 is 2.56 bits per heavy atom. The molecule has 2 heterocycles. The van der Waals surface area contributed by atoms with Gasteiger partial charge in [0.25, 0.3) is 0 Å². The van der Waals surface area contributed by atoms with Crippen molar-refractivity contribution < 1.29 is 4.79 Å². The molecule has 4 aromatic rings. The van der Waals surface area contributed by atoms with E-state index in [1.54, 1.807) is 0 Å². The summed E-state index contributed by atoms with van der Waals surface area (Å²) in [7, 11) is 0. The molecule has 0 atom stereocenters. The third kappa shape index (κ3) is 3.25. The highest BCUT2D eigenvalue weighted by Gasteiger charge is 2.14. The largest absolute Gasteiger partial charge is 0.353 e. The lowest BCUT2D eigenvalue weighted by Crippen LogP contribution is -2.30. The Bertz CT molecular complexity index is 1140. The molecule has 0 unspecified atom stereocenters. The van der Waals surface area contributed by atoms with Gasteiger partial charge in [0, 0.05) is 34.2 Å². The van der Waals surface area contributed by atoms with Gasteiger partial charge in [-0.3, -0.25) is 4.79 Å². The second-order valence-corrected chi connectivity index (χ2v) is 7.45. The Balaban J connectivity index is 1.45. The maximum atomic E-state index is 12.5. The van der Waals surface area contributed by atoms with Crippen LogP contribution in [0.25, 0.3) is 21.9 Å². The first kappa shape index (κ1) is 17.8. The number of carbonyl (C=O) groups is 1. The van der Waals surface area contributed by atoms with Crippen LogP contribution in [0, 0.1) is 13.8 Å². The number of aryl methyl sites for hydroxylation is 1. The topological polar surface area (TPSA) is 51.9 Å². The van der Waals surface area contributed by atoms with Crippen molar-refractivity contribution in [2.24, 2.45) is 0 Å². The van der Waals surface area contributed by atoms with Crippen LogP contribution in [0.2, 0.25) is 0 Å². The first-order valence-electron chi connectivity index (χ1n) is 8.98. The Morgan fingerprint density at radius 1 is 1.04 bits per heavy atom. The zero-order chi connectivity index (χ0) is 19.0. The summed E-state index contributed by atoms with van der Waals surface area (Å²) in [5.74, 6) is 0.968. The van der Waals surface area contributed by atoms with Crippen molar-refractivity contribution in [1.82, 2.24) is 19.4 Å². The van der Waals surface area contributed by atoms with Crippen LogP contribution in [0.4, 0.5) is 0 Å². The standard InChI is InChI=1S/C21H21BrN4O/c1-14-21(22)16-7-3-5-9-18(16)26(14)13-20(27)23-11-12-25-15(2)24-17-8-4-6-10-19(17)25/h3-10H,11-13H2,1-2H3,(H,23,27). The average molecular weight is 425 g/mol. The molecule has 6 heteroatoms. The Hall–Kier alpha value is -2.60. The van der Waals surface area contributed by atoms with E-state index in [2.05, 4.69) is 42.9 Å². The van der Waals surface area contributed by atoms with Crippen LogP contribution in [0.1, 0.15) is 11.5 Å². The van der Waals surface area contributed by atoms with Crippen molar-refractivity contribution in [3.05, 3.63) is 64.5 Å². The predicted molar refractivity (Wildman–Crippen MR) is 112 cm³/mol. The maximum absolute atomic E-state index is 12.5. The Kier molecular flexibility index (Phi) is 4.74. The molecule has 4 rings (SSSR count). The van der Waals surface area contributed by atoms with Gasteiger partial charge in [-0.05, 0) is 48.0 Å². The smallest absolute Gasteiger partial charge is 0.240 e. The van der Waals surface area contributed by atoms with Crippen molar-refractivity contribution >= 4 is 43.8 Å². The third-order valence-electron chi connectivity index (χ3n) is 4.96. The summed E-state index contributed by atoms with van der Waals surface area (Å²) in [6.07, 6.45) is 0. The fraction of sp³-hybridized carbons (Fsp3) is 0.238. The van der Waals surface area contributed by atoms with E-state index in [0.29, 0.717) is 19.6 Å². The van der Waals surface area contributed by atoms with Crippen LogP contribution in [-0.2, 0) is 17.9 Å². The molecule has 0 bridgehead atoms. The molecule has 27 heavy (non-hydrogen) atoms. The van der Waals surface area contributed by atoms with E-state index in [-0.39, 0.29) is 5.91 Å². The summed E-state index contributed by atoms with van der Waals surface area (Å²) >= 11 is 3.64. The molecule has 0 radical (unpaired) electrons. The summed E-state index contributed by atoms with van der Waals surface area (Å²) in [6, 6.07) is 16.2. The summed E-state index contributed by atoms with van der Waals surface area (Å²) in [5.41, 5.74) is 4.21. The number of imidazole rings is 1. The number of amides is 1. The van der Waals surface area contributed by atoms with Crippen LogP contribution in [0.3, 0.4) is 0 Å². The minimum Gasteiger partial charge on any atom is -0.353 e. The number of benzene rings is 2. The van der Waals surface area contributed by atoms with Gasteiger partial charge in [-0.1, -0.05) is 30.3 Å². The van der Waals surface area contributed by atoms with E-state index in [4.69, 9.17) is 0 Å². The van der Waals surface area contributed by atoms with Gasteiger partial charge in [-0.2, -0.15) is 0 Å². The van der Waals surface area contributed by atoms with Crippen LogP contribution in [0.5, 0.6) is 0 Å². The van der Waals surface area contributed by atoms with Gasteiger partial charge in [0.2, 0.25) is 5.91 Å². The number of hydrogen-bond acceptors (Lipinski definition) is 2. The molecule has 0 aliphatic carbocycles. The molecule has 5 nitrogen and oxygen atoms in total. The molecule has 0 saturated heterocycles. The second kappa shape index (κ2) is 7.19.